The Labute approximate surface area is 255 Å². The zero-order chi connectivity index (χ0) is 30.8. The molecule has 0 unspecified atom stereocenters. The molecular formula is C35H31N3O6. The topological polar surface area (TPSA) is 105 Å². The molecule has 4 aromatic carbocycles. The first-order chi connectivity index (χ1) is 21.3. The van der Waals surface area contributed by atoms with Crippen LogP contribution in [0.15, 0.2) is 97.1 Å². The van der Waals surface area contributed by atoms with E-state index in [1.54, 1.807) is 42.5 Å². The number of carbonyl (C=O) groups excluding carboxylic acids is 4. The molecule has 1 N–H and O–H groups in total. The molecule has 0 saturated carbocycles. The largest absolute Gasteiger partial charge is 0.454 e. The summed E-state index contributed by atoms with van der Waals surface area (Å²) in [5.41, 5.74) is 3.58. The van der Waals surface area contributed by atoms with Gasteiger partial charge in [-0.3, -0.25) is 24.1 Å². The number of fused-ring (bicyclic) bond motifs is 2. The minimum Gasteiger partial charge on any atom is -0.454 e. The first kappa shape index (κ1) is 28.7. The third-order valence-corrected chi connectivity index (χ3v) is 7.81. The zero-order valence-corrected chi connectivity index (χ0v) is 24.4. The number of carbonyl (C=O) groups is 4. The van der Waals surface area contributed by atoms with Crippen molar-refractivity contribution >= 4 is 34.9 Å². The fraction of sp³-hybridized carbons (Fsp3) is 0.200. The molecule has 0 bridgehead atoms. The van der Waals surface area contributed by atoms with E-state index in [1.165, 1.54) is 9.80 Å². The molecule has 9 nitrogen and oxygen atoms in total. The Hall–Kier alpha value is -5.44. The van der Waals surface area contributed by atoms with Crippen LogP contribution >= 0.6 is 0 Å². The summed E-state index contributed by atoms with van der Waals surface area (Å²) in [5.74, 6) is -1.03. The lowest BCUT2D eigenvalue weighted by atomic mass is 9.97. The van der Waals surface area contributed by atoms with Crippen molar-refractivity contribution < 1.29 is 28.7 Å². The Kier molecular flexibility index (Phi) is 7.85. The number of ether oxygens (including phenoxy) is 2. The molecule has 6 rings (SSSR count). The molecule has 2 heterocycles. The smallest absolute Gasteiger partial charge is 0.299 e. The minimum absolute atomic E-state index is 0.0858. The number of anilines is 2. The summed E-state index contributed by atoms with van der Waals surface area (Å²) in [6, 6.07) is 27.5. The number of rotatable bonds is 9. The summed E-state index contributed by atoms with van der Waals surface area (Å²) in [6.45, 7) is 3.93. The fourth-order valence-electron chi connectivity index (χ4n) is 5.46. The second kappa shape index (κ2) is 12.0. The van der Waals surface area contributed by atoms with Gasteiger partial charge in [-0.25, -0.2) is 0 Å². The summed E-state index contributed by atoms with van der Waals surface area (Å²) >= 11 is 0. The fourth-order valence-corrected chi connectivity index (χ4v) is 5.46. The lowest BCUT2D eigenvalue weighted by molar-refractivity contribution is -0.139. The average molecular weight is 590 g/mol. The summed E-state index contributed by atoms with van der Waals surface area (Å²) in [6.07, 6.45) is 0. The van der Waals surface area contributed by atoms with Crippen molar-refractivity contribution in [3.8, 4) is 11.5 Å². The molecule has 222 valence electrons. The van der Waals surface area contributed by atoms with Gasteiger partial charge in [0.1, 0.15) is 12.6 Å². The van der Waals surface area contributed by atoms with Gasteiger partial charge in [0.2, 0.25) is 12.7 Å². The lowest BCUT2D eigenvalue weighted by Gasteiger charge is -2.33. The van der Waals surface area contributed by atoms with Crippen molar-refractivity contribution in [2.24, 2.45) is 0 Å². The predicted octanol–water partition coefficient (Wildman–Crippen LogP) is 5.48. The van der Waals surface area contributed by atoms with Crippen LogP contribution in [0.25, 0.3) is 0 Å². The molecule has 2 aliphatic rings. The van der Waals surface area contributed by atoms with Gasteiger partial charge in [-0.1, -0.05) is 80.6 Å². The number of nitrogens with one attached hydrogen (secondary N) is 1. The molecule has 44 heavy (non-hydrogen) atoms. The second-order valence-corrected chi connectivity index (χ2v) is 11.0. The monoisotopic (exact) mass is 589 g/mol. The van der Waals surface area contributed by atoms with Crippen molar-refractivity contribution in [2.75, 3.05) is 23.6 Å². The summed E-state index contributed by atoms with van der Waals surface area (Å²) in [4.78, 5) is 56.8. The molecule has 2 aliphatic heterocycles. The number of ketones is 1. The highest BCUT2D eigenvalue weighted by Gasteiger charge is 2.39. The van der Waals surface area contributed by atoms with E-state index in [2.05, 4.69) is 19.2 Å². The Morgan fingerprint density at radius 1 is 0.841 bits per heavy atom. The van der Waals surface area contributed by atoms with Gasteiger partial charge in [-0.2, -0.15) is 0 Å². The van der Waals surface area contributed by atoms with E-state index in [4.69, 9.17) is 9.47 Å². The highest BCUT2D eigenvalue weighted by molar-refractivity contribution is 6.52. The molecule has 3 amide bonds. The van der Waals surface area contributed by atoms with Crippen LogP contribution in [0.3, 0.4) is 0 Å². The molecule has 0 saturated heterocycles. The van der Waals surface area contributed by atoms with Crippen molar-refractivity contribution in [1.82, 2.24) is 4.90 Å². The number of para-hydroxylation sites is 1. The zero-order valence-electron chi connectivity index (χ0n) is 24.4. The van der Waals surface area contributed by atoms with Crippen LogP contribution in [0.5, 0.6) is 11.5 Å². The van der Waals surface area contributed by atoms with E-state index in [9.17, 15) is 19.2 Å². The number of hydrogen-bond donors (Lipinski definition) is 1. The first-order valence-electron chi connectivity index (χ1n) is 14.4. The van der Waals surface area contributed by atoms with Crippen LogP contribution in [0, 0.1) is 0 Å². The van der Waals surface area contributed by atoms with Crippen molar-refractivity contribution in [1.29, 1.82) is 0 Å². The van der Waals surface area contributed by atoms with Crippen molar-refractivity contribution in [3.63, 3.8) is 0 Å². The number of hydrogen-bond acceptors (Lipinski definition) is 6. The highest BCUT2D eigenvalue weighted by atomic mass is 16.7. The quantitative estimate of drug-likeness (QED) is 0.260. The maximum absolute atomic E-state index is 14.3. The number of nitrogens with zero attached hydrogens (tertiary/aromatic N) is 2. The van der Waals surface area contributed by atoms with Gasteiger partial charge in [0.15, 0.2) is 11.5 Å². The van der Waals surface area contributed by atoms with E-state index in [0.717, 1.165) is 11.1 Å². The number of benzene rings is 4. The van der Waals surface area contributed by atoms with Crippen LogP contribution in [-0.2, 0) is 20.9 Å². The van der Waals surface area contributed by atoms with Gasteiger partial charge in [0, 0.05) is 18.3 Å². The van der Waals surface area contributed by atoms with E-state index >= 15 is 0 Å². The Morgan fingerprint density at radius 3 is 2.27 bits per heavy atom. The molecule has 1 atom stereocenters. The molecule has 4 aromatic rings. The van der Waals surface area contributed by atoms with Crippen LogP contribution in [0.1, 0.15) is 52.9 Å². The van der Waals surface area contributed by atoms with E-state index in [-0.39, 0.29) is 24.8 Å². The second-order valence-electron chi connectivity index (χ2n) is 11.0. The number of Topliss-reactive ketones (excluding diaryl/α,β-unsaturated/α-hetero) is 1. The van der Waals surface area contributed by atoms with Gasteiger partial charge >= 0.3 is 0 Å². The Bertz CT molecular complexity index is 1740. The molecule has 9 heteroatoms. The highest BCUT2D eigenvalue weighted by Crippen LogP contribution is 2.35. The maximum Gasteiger partial charge on any atom is 0.299 e. The van der Waals surface area contributed by atoms with Crippen LogP contribution in [-0.4, -0.2) is 41.7 Å². The van der Waals surface area contributed by atoms with Crippen molar-refractivity contribution in [2.45, 2.75) is 32.4 Å². The minimum atomic E-state index is -1.07. The first-order valence-corrected chi connectivity index (χ1v) is 14.4. The van der Waals surface area contributed by atoms with Crippen molar-refractivity contribution in [3.05, 3.63) is 119 Å². The summed E-state index contributed by atoms with van der Waals surface area (Å²) in [7, 11) is 0. The third kappa shape index (κ3) is 5.64. The predicted molar refractivity (Wildman–Crippen MR) is 165 cm³/mol. The van der Waals surface area contributed by atoms with Gasteiger partial charge in [-0.15, -0.1) is 0 Å². The average Bonchev–Trinajstić information content (AvgIpc) is 3.60. The summed E-state index contributed by atoms with van der Waals surface area (Å²) < 4.78 is 10.9. The standard InChI is InChI=1S/C35H31N3O6/c1-22(2)24-12-14-25(15-13-24)32(34(41)36-26-16-17-29-30(18-26)44-21-43-29)38(19-23-8-4-3-5-9-23)31(39)20-37-28-11-7-6-10-27(28)33(40)35(37)42/h3-18,22,32H,19-21H2,1-2H3,(H,36,41)/t32-/m1/s1. The summed E-state index contributed by atoms with van der Waals surface area (Å²) in [5, 5.41) is 2.95. The van der Waals surface area contributed by atoms with Crippen LogP contribution in [0.2, 0.25) is 0 Å². The normalized spacial score (nSPS) is 14.0. The Morgan fingerprint density at radius 2 is 1.52 bits per heavy atom. The number of amides is 3. The maximum atomic E-state index is 14.3. The molecule has 0 aromatic heterocycles. The van der Waals surface area contributed by atoms with Gasteiger partial charge < -0.3 is 19.7 Å². The molecule has 0 spiro atoms. The van der Waals surface area contributed by atoms with E-state index < -0.39 is 36.1 Å². The molecule has 0 aliphatic carbocycles. The van der Waals surface area contributed by atoms with Crippen LogP contribution < -0.4 is 19.7 Å². The van der Waals surface area contributed by atoms with Gasteiger partial charge in [0.25, 0.3) is 17.6 Å². The molecule has 0 fully saturated rings. The van der Waals surface area contributed by atoms with E-state index in [0.29, 0.717) is 28.4 Å². The Balaban J connectivity index is 1.39. The third-order valence-electron chi connectivity index (χ3n) is 7.81. The SMILES string of the molecule is CC(C)c1ccc([C@H](C(=O)Nc2ccc3c(c2)OCO3)N(Cc2ccccc2)C(=O)CN2C(=O)C(=O)c3ccccc32)cc1. The van der Waals surface area contributed by atoms with Crippen LogP contribution in [0.4, 0.5) is 11.4 Å². The molecular weight excluding hydrogens is 558 g/mol. The molecule has 0 radical (unpaired) electrons. The van der Waals surface area contributed by atoms with E-state index in [1.807, 2.05) is 54.6 Å². The van der Waals surface area contributed by atoms with Gasteiger partial charge in [-0.05, 0) is 46.9 Å². The van der Waals surface area contributed by atoms with Gasteiger partial charge in [0.05, 0.1) is 11.3 Å². The lowest BCUT2D eigenvalue weighted by Crippen LogP contribution is -2.46.